The van der Waals surface area contributed by atoms with E-state index >= 15 is 0 Å². The molecule has 0 aliphatic rings. The standard InChI is InChI=1S/C11H11F3N2O2/c1-6(2)9(11(12,13)14)16-4-3-8(17)7(5-15)10(16)18/h3-4,6,9,17H,1-2H3. The Hall–Kier alpha value is -1.97. The number of hydrogen-bond donors (Lipinski definition) is 1. The molecule has 1 heterocycles. The molecule has 0 saturated carbocycles. The van der Waals surface area contributed by atoms with Gasteiger partial charge in [0.2, 0.25) is 0 Å². The molecule has 4 nitrogen and oxygen atoms in total. The predicted molar refractivity (Wildman–Crippen MR) is 57.0 cm³/mol. The van der Waals surface area contributed by atoms with Crippen molar-refractivity contribution in [2.24, 2.45) is 5.92 Å². The molecule has 1 aromatic rings. The van der Waals surface area contributed by atoms with Crippen LogP contribution in [0, 0.1) is 17.2 Å². The summed E-state index contributed by atoms with van der Waals surface area (Å²) in [6.45, 7) is 2.65. The fourth-order valence-electron chi connectivity index (χ4n) is 1.72. The van der Waals surface area contributed by atoms with Gasteiger partial charge < -0.3 is 9.67 Å². The third-order valence-corrected chi connectivity index (χ3v) is 2.48. The summed E-state index contributed by atoms with van der Waals surface area (Å²) in [5.74, 6) is -1.50. The summed E-state index contributed by atoms with van der Waals surface area (Å²) in [6, 6.07) is 0.272. The van der Waals surface area contributed by atoms with Crippen LogP contribution in [0.5, 0.6) is 5.75 Å². The first-order chi connectivity index (χ1) is 8.20. The number of nitrogens with zero attached hydrogens (tertiary/aromatic N) is 2. The number of hydrogen-bond acceptors (Lipinski definition) is 3. The zero-order valence-electron chi connectivity index (χ0n) is 9.69. The van der Waals surface area contributed by atoms with Crippen LogP contribution in [0.4, 0.5) is 13.2 Å². The van der Waals surface area contributed by atoms with Gasteiger partial charge in [-0.2, -0.15) is 18.4 Å². The minimum Gasteiger partial charge on any atom is -0.506 e. The number of alkyl halides is 3. The molecule has 0 fully saturated rings. The second-order valence-corrected chi connectivity index (χ2v) is 4.13. The van der Waals surface area contributed by atoms with E-state index in [9.17, 15) is 23.1 Å². The molecule has 0 radical (unpaired) electrons. The maximum Gasteiger partial charge on any atom is 0.409 e. The predicted octanol–water partition coefficient (Wildman–Crippen LogP) is 2.18. The fraction of sp³-hybridized carbons (Fsp3) is 0.455. The van der Waals surface area contributed by atoms with E-state index in [0.29, 0.717) is 4.57 Å². The maximum absolute atomic E-state index is 12.9. The van der Waals surface area contributed by atoms with Gasteiger partial charge in [0.25, 0.3) is 5.56 Å². The smallest absolute Gasteiger partial charge is 0.409 e. The summed E-state index contributed by atoms with van der Waals surface area (Å²) in [4.78, 5) is 11.7. The first-order valence-corrected chi connectivity index (χ1v) is 5.11. The molecule has 0 aliphatic heterocycles. The summed E-state index contributed by atoms with van der Waals surface area (Å²) in [5.41, 5.74) is -1.83. The first kappa shape index (κ1) is 14.1. The van der Waals surface area contributed by atoms with Crippen LogP contribution in [-0.4, -0.2) is 15.8 Å². The normalized spacial score (nSPS) is 13.4. The lowest BCUT2D eigenvalue weighted by molar-refractivity contribution is -0.179. The Morgan fingerprint density at radius 1 is 1.44 bits per heavy atom. The van der Waals surface area contributed by atoms with Crippen LogP contribution in [0.15, 0.2) is 17.1 Å². The number of nitriles is 1. The fourth-order valence-corrected chi connectivity index (χ4v) is 1.72. The van der Waals surface area contributed by atoms with Crippen molar-refractivity contribution in [1.82, 2.24) is 4.57 Å². The highest BCUT2D eigenvalue weighted by Crippen LogP contribution is 2.35. The minimum atomic E-state index is -4.61. The van der Waals surface area contributed by atoms with Crippen LogP contribution in [0.25, 0.3) is 0 Å². The van der Waals surface area contributed by atoms with E-state index in [2.05, 4.69) is 0 Å². The lowest BCUT2D eigenvalue weighted by Gasteiger charge is -2.26. The molecule has 7 heteroatoms. The van der Waals surface area contributed by atoms with Crippen LogP contribution in [0.3, 0.4) is 0 Å². The van der Waals surface area contributed by atoms with Crippen LogP contribution < -0.4 is 5.56 Å². The summed E-state index contributed by atoms with van der Waals surface area (Å²) < 4.78 is 39.0. The van der Waals surface area contributed by atoms with E-state index in [4.69, 9.17) is 5.26 Å². The van der Waals surface area contributed by atoms with Gasteiger partial charge in [-0.15, -0.1) is 0 Å². The molecule has 0 spiro atoms. The molecule has 1 N–H and O–H groups in total. The first-order valence-electron chi connectivity index (χ1n) is 5.11. The molecule has 0 aromatic carbocycles. The highest BCUT2D eigenvalue weighted by atomic mass is 19.4. The van der Waals surface area contributed by atoms with Crippen LogP contribution >= 0.6 is 0 Å². The quantitative estimate of drug-likeness (QED) is 0.886. The molecule has 1 rings (SSSR count). The molecular formula is C11H11F3N2O2. The molecule has 1 aromatic heterocycles. The Morgan fingerprint density at radius 3 is 2.39 bits per heavy atom. The van der Waals surface area contributed by atoms with Crippen molar-refractivity contribution in [3.63, 3.8) is 0 Å². The molecule has 98 valence electrons. The summed E-state index contributed by atoms with van der Waals surface area (Å²) in [5, 5.41) is 17.9. The molecule has 1 atom stereocenters. The Morgan fingerprint density at radius 2 is 2.00 bits per heavy atom. The van der Waals surface area contributed by atoms with Crippen LogP contribution in [-0.2, 0) is 0 Å². The van der Waals surface area contributed by atoms with Crippen LogP contribution in [0.2, 0.25) is 0 Å². The van der Waals surface area contributed by atoms with Crippen molar-refractivity contribution in [3.05, 3.63) is 28.2 Å². The van der Waals surface area contributed by atoms with Gasteiger partial charge in [0.15, 0.2) is 5.56 Å². The minimum absolute atomic E-state index is 0.433. The number of halogens is 3. The molecule has 0 aliphatic carbocycles. The van der Waals surface area contributed by atoms with Gasteiger partial charge in [0.05, 0.1) is 0 Å². The van der Waals surface area contributed by atoms with Crippen molar-refractivity contribution in [2.75, 3.05) is 0 Å². The van der Waals surface area contributed by atoms with E-state index in [1.165, 1.54) is 19.9 Å². The van der Waals surface area contributed by atoms with Gasteiger partial charge in [-0.05, 0) is 12.0 Å². The lowest BCUT2D eigenvalue weighted by Crippen LogP contribution is -2.38. The second-order valence-electron chi connectivity index (χ2n) is 4.13. The van der Waals surface area contributed by atoms with E-state index < -0.39 is 35.0 Å². The van der Waals surface area contributed by atoms with Gasteiger partial charge in [-0.25, -0.2) is 0 Å². The van der Waals surface area contributed by atoms with Crippen molar-refractivity contribution >= 4 is 0 Å². The largest absolute Gasteiger partial charge is 0.506 e. The monoisotopic (exact) mass is 260 g/mol. The average molecular weight is 260 g/mol. The molecule has 0 bridgehead atoms. The molecular weight excluding hydrogens is 249 g/mol. The Labute approximate surface area is 101 Å². The summed E-state index contributed by atoms with van der Waals surface area (Å²) >= 11 is 0. The Balaban J connectivity index is 3.51. The third-order valence-electron chi connectivity index (χ3n) is 2.48. The Kier molecular flexibility index (Phi) is 3.70. The topological polar surface area (TPSA) is 66.0 Å². The number of aromatic nitrogens is 1. The van der Waals surface area contributed by atoms with Crippen molar-refractivity contribution < 1.29 is 18.3 Å². The molecule has 1 unspecified atom stereocenters. The number of pyridine rings is 1. The van der Waals surface area contributed by atoms with E-state index in [1.54, 1.807) is 0 Å². The highest BCUT2D eigenvalue weighted by molar-refractivity contribution is 5.39. The summed E-state index contributed by atoms with van der Waals surface area (Å²) in [7, 11) is 0. The third kappa shape index (κ3) is 2.47. The molecule has 0 saturated heterocycles. The van der Waals surface area contributed by atoms with Gasteiger partial charge in [-0.1, -0.05) is 13.8 Å². The zero-order valence-corrected chi connectivity index (χ0v) is 9.69. The van der Waals surface area contributed by atoms with Crippen molar-refractivity contribution in [3.8, 4) is 11.8 Å². The molecule has 18 heavy (non-hydrogen) atoms. The van der Waals surface area contributed by atoms with Crippen molar-refractivity contribution in [1.29, 1.82) is 5.26 Å². The van der Waals surface area contributed by atoms with Crippen LogP contribution in [0.1, 0.15) is 25.5 Å². The van der Waals surface area contributed by atoms with Crippen molar-refractivity contribution in [2.45, 2.75) is 26.1 Å². The zero-order chi connectivity index (χ0) is 14.1. The second kappa shape index (κ2) is 4.72. The maximum atomic E-state index is 12.9. The summed E-state index contributed by atoms with van der Waals surface area (Å²) in [6.07, 6.45) is -3.77. The highest BCUT2D eigenvalue weighted by Gasteiger charge is 2.43. The van der Waals surface area contributed by atoms with Gasteiger partial charge in [-0.3, -0.25) is 4.79 Å². The van der Waals surface area contributed by atoms with Gasteiger partial charge >= 0.3 is 6.18 Å². The number of rotatable bonds is 2. The average Bonchev–Trinajstić information content (AvgIpc) is 2.20. The van der Waals surface area contributed by atoms with Gasteiger partial charge in [0.1, 0.15) is 17.9 Å². The van der Waals surface area contributed by atoms with Gasteiger partial charge in [0, 0.05) is 6.20 Å². The SMILES string of the molecule is CC(C)C(n1ccc(O)c(C#N)c1=O)C(F)(F)F. The Bertz CT molecular complexity index is 541. The lowest BCUT2D eigenvalue weighted by atomic mass is 10.0. The number of aromatic hydroxyl groups is 1. The van der Waals surface area contributed by atoms with E-state index in [-0.39, 0.29) is 0 Å². The van der Waals surface area contributed by atoms with E-state index in [0.717, 1.165) is 12.3 Å². The van der Waals surface area contributed by atoms with E-state index in [1.807, 2.05) is 0 Å². The molecule has 0 amide bonds.